The first-order chi connectivity index (χ1) is 8.19. The van der Waals surface area contributed by atoms with Crippen LogP contribution in [0.15, 0.2) is 6.07 Å². The van der Waals surface area contributed by atoms with Crippen LogP contribution < -0.4 is 16.2 Å². The first-order valence-corrected chi connectivity index (χ1v) is 6.48. The Bertz CT molecular complexity index is 560. The average molecular weight is 249 g/mol. The molecule has 2 aromatic rings. The molecule has 1 saturated carbocycles. The number of fused-ring (bicyclic) bond motifs is 1. The van der Waals surface area contributed by atoms with Gasteiger partial charge in [-0.2, -0.15) is 4.98 Å². The van der Waals surface area contributed by atoms with E-state index in [2.05, 4.69) is 40.3 Å². The number of aromatic nitrogens is 2. The molecule has 2 aromatic heterocycles. The minimum atomic E-state index is 0.488. The maximum absolute atomic E-state index is 5.42. The predicted octanol–water partition coefficient (Wildman–Crippen LogP) is 1.88. The van der Waals surface area contributed by atoms with Crippen LogP contribution in [0, 0.1) is 6.92 Å². The molecule has 0 radical (unpaired) electrons. The minimum absolute atomic E-state index is 0.488. The molecule has 90 valence electrons. The number of hydrogen-bond donors (Lipinski definition) is 2. The molecule has 0 spiro atoms. The van der Waals surface area contributed by atoms with Gasteiger partial charge in [0.25, 0.3) is 0 Å². The van der Waals surface area contributed by atoms with E-state index in [1.165, 1.54) is 17.7 Å². The summed E-state index contributed by atoms with van der Waals surface area (Å²) in [6.07, 6.45) is 2.49. The number of nitrogens with zero attached hydrogens (tertiary/aromatic N) is 3. The molecular weight excluding hydrogens is 234 g/mol. The molecule has 0 unspecified atom stereocenters. The van der Waals surface area contributed by atoms with Crippen LogP contribution >= 0.6 is 11.3 Å². The molecule has 0 bridgehead atoms. The summed E-state index contributed by atoms with van der Waals surface area (Å²) in [5.41, 5.74) is 2.54. The van der Waals surface area contributed by atoms with Gasteiger partial charge in [0, 0.05) is 18.0 Å². The van der Waals surface area contributed by atoms with Gasteiger partial charge in [0.05, 0.1) is 5.39 Å². The topological polar surface area (TPSA) is 67.1 Å². The van der Waals surface area contributed by atoms with Crippen molar-refractivity contribution in [2.75, 3.05) is 17.4 Å². The molecule has 3 N–H and O–H groups in total. The van der Waals surface area contributed by atoms with Gasteiger partial charge in [0.2, 0.25) is 5.95 Å². The van der Waals surface area contributed by atoms with Crippen LogP contribution in [0.2, 0.25) is 0 Å². The Morgan fingerprint density at radius 1 is 1.47 bits per heavy atom. The lowest BCUT2D eigenvalue weighted by molar-refractivity contribution is 0.895. The number of hydrogen-bond acceptors (Lipinski definition) is 6. The van der Waals surface area contributed by atoms with Crippen LogP contribution in [-0.4, -0.2) is 23.1 Å². The third-order valence-electron chi connectivity index (χ3n) is 3.05. The molecule has 0 aliphatic heterocycles. The average Bonchev–Trinajstić information content (AvgIpc) is 3.09. The summed E-state index contributed by atoms with van der Waals surface area (Å²) in [5, 5.41) is 1.13. The number of anilines is 2. The van der Waals surface area contributed by atoms with E-state index in [0.29, 0.717) is 12.0 Å². The zero-order valence-electron chi connectivity index (χ0n) is 9.90. The van der Waals surface area contributed by atoms with E-state index in [4.69, 9.17) is 5.84 Å². The molecule has 6 heteroatoms. The van der Waals surface area contributed by atoms with Gasteiger partial charge in [0.1, 0.15) is 10.6 Å². The maximum atomic E-state index is 5.42. The summed E-state index contributed by atoms with van der Waals surface area (Å²) >= 11 is 1.67. The Labute approximate surface area is 104 Å². The normalized spacial score (nSPS) is 15.2. The number of nitrogens with one attached hydrogen (secondary N) is 1. The molecule has 5 nitrogen and oxygen atoms in total. The number of nitrogen functional groups attached to an aromatic ring is 1. The van der Waals surface area contributed by atoms with Crippen molar-refractivity contribution in [3.63, 3.8) is 0 Å². The molecular formula is C11H15N5S. The lowest BCUT2D eigenvalue weighted by atomic mass is 10.3. The molecule has 17 heavy (non-hydrogen) atoms. The summed E-state index contributed by atoms with van der Waals surface area (Å²) in [5.74, 6) is 6.89. The van der Waals surface area contributed by atoms with Crippen molar-refractivity contribution in [1.29, 1.82) is 0 Å². The van der Waals surface area contributed by atoms with E-state index in [9.17, 15) is 0 Å². The van der Waals surface area contributed by atoms with Gasteiger partial charge in [-0.05, 0) is 25.8 Å². The van der Waals surface area contributed by atoms with Gasteiger partial charge in [-0.3, -0.25) is 5.43 Å². The fourth-order valence-corrected chi connectivity index (χ4v) is 2.87. The van der Waals surface area contributed by atoms with E-state index in [1.807, 2.05) is 0 Å². The van der Waals surface area contributed by atoms with Crippen molar-refractivity contribution < 1.29 is 0 Å². The third kappa shape index (κ3) is 1.83. The molecule has 0 aromatic carbocycles. The van der Waals surface area contributed by atoms with Gasteiger partial charge >= 0.3 is 0 Å². The highest BCUT2D eigenvalue weighted by atomic mass is 32.1. The zero-order chi connectivity index (χ0) is 12.0. The van der Waals surface area contributed by atoms with E-state index in [-0.39, 0.29) is 0 Å². The molecule has 1 aliphatic carbocycles. The first kappa shape index (κ1) is 10.7. The molecule has 2 heterocycles. The highest BCUT2D eigenvalue weighted by Gasteiger charge is 2.29. The second kappa shape index (κ2) is 3.82. The number of hydrazine groups is 1. The fraction of sp³-hybridized carbons (Fsp3) is 0.455. The third-order valence-corrected chi connectivity index (χ3v) is 4.00. The maximum Gasteiger partial charge on any atom is 0.240 e. The van der Waals surface area contributed by atoms with Crippen LogP contribution in [0.5, 0.6) is 0 Å². The Morgan fingerprint density at radius 2 is 2.24 bits per heavy atom. The zero-order valence-corrected chi connectivity index (χ0v) is 10.7. The van der Waals surface area contributed by atoms with Crippen molar-refractivity contribution in [3.05, 3.63) is 10.9 Å². The summed E-state index contributed by atoms with van der Waals surface area (Å²) in [6.45, 7) is 2.09. The fourth-order valence-electron chi connectivity index (χ4n) is 2.00. The van der Waals surface area contributed by atoms with Crippen LogP contribution in [0.25, 0.3) is 10.2 Å². The Balaban J connectivity index is 2.18. The van der Waals surface area contributed by atoms with Crippen LogP contribution in [0.1, 0.15) is 17.7 Å². The standard InChI is InChI=1S/C11H15N5S/c1-6-5-8-9(16(2)7-3-4-7)13-11(15-12)14-10(8)17-6/h5,7H,3-4,12H2,1-2H3,(H,13,14,15). The molecule has 0 amide bonds. The smallest absolute Gasteiger partial charge is 0.240 e. The van der Waals surface area contributed by atoms with E-state index < -0.39 is 0 Å². The summed E-state index contributed by atoms with van der Waals surface area (Å²) in [4.78, 5) is 13.3. The highest BCUT2D eigenvalue weighted by molar-refractivity contribution is 7.18. The SMILES string of the molecule is Cc1cc2c(N(C)C3CC3)nc(NN)nc2s1. The Hall–Kier alpha value is -1.40. The molecule has 0 saturated heterocycles. The van der Waals surface area contributed by atoms with E-state index in [0.717, 1.165) is 16.0 Å². The van der Waals surface area contributed by atoms with Crippen LogP contribution in [0.4, 0.5) is 11.8 Å². The molecule has 1 fully saturated rings. The lowest BCUT2D eigenvalue weighted by Gasteiger charge is -2.18. The highest BCUT2D eigenvalue weighted by Crippen LogP contribution is 2.36. The monoisotopic (exact) mass is 249 g/mol. The van der Waals surface area contributed by atoms with E-state index >= 15 is 0 Å². The van der Waals surface area contributed by atoms with Crippen molar-refractivity contribution >= 4 is 33.3 Å². The largest absolute Gasteiger partial charge is 0.356 e. The van der Waals surface area contributed by atoms with Crippen molar-refractivity contribution in [2.24, 2.45) is 5.84 Å². The summed E-state index contributed by atoms with van der Waals surface area (Å²) in [7, 11) is 2.09. The summed E-state index contributed by atoms with van der Waals surface area (Å²) < 4.78 is 0. The Morgan fingerprint density at radius 3 is 2.88 bits per heavy atom. The quantitative estimate of drug-likeness (QED) is 0.642. The van der Waals surface area contributed by atoms with Gasteiger partial charge in [-0.25, -0.2) is 10.8 Å². The molecule has 1 aliphatic rings. The first-order valence-electron chi connectivity index (χ1n) is 5.66. The van der Waals surface area contributed by atoms with Crippen LogP contribution in [-0.2, 0) is 0 Å². The van der Waals surface area contributed by atoms with Crippen molar-refractivity contribution in [1.82, 2.24) is 9.97 Å². The van der Waals surface area contributed by atoms with Gasteiger partial charge < -0.3 is 4.90 Å². The molecule has 3 rings (SSSR count). The number of thiophene rings is 1. The van der Waals surface area contributed by atoms with Gasteiger partial charge in [0.15, 0.2) is 0 Å². The molecule has 0 atom stereocenters. The second-order valence-corrected chi connectivity index (χ2v) is 5.67. The number of nitrogens with two attached hydrogens (primary N) is 1. The predicted molar refractivity (Wildman–Crippen MR) is 71.4 cm³/mol. The minimum Gasteiger partial charge on any atom is -0.356 e. The number of rotatable bonds is 3. The lowest BCUT2D eigenvalue weighted by Crippen LogP contribution is -2.22. The van der Waals surface area contributed by atoms with Crippen molar-refractivity contribution in [3.8, 4) is 0 Å². The second-order valence-electron chi connectivity index (χ2n) is 4.43. The Kier molecular flexibility index (Phi) is 2.41. The van der Waals surface area contributed by atoms with Crippen LogP contribution in [0.3, 0.4) is 0 Å². The summed E-state index contributed by atoms with van der Waals surface area (Å²) in [6, 6.07) is 2.77. The number of aryl methyl sites for hydroxylation is 1. The van der Waals surface area contributed by atoms with E-state index in [1.54, 1.807) is 11.3 Å². The van der Waals surface area contributed by atoms with Gasteiger partial charge in [-0.15, -0.1) is 11.3 Å². The van der Waals surface area contributed by atoms with Gasteiger partial charge in [-0.1, -0.05) is 0 Å². The van der Waals surface area contributed by atoms with Crippen molar-refractivity contribution in [2.45, 2.75) is 25.8 Å².